The lowest BCUT2D eigenvalue weighted by atomic mass is 10.2. The molecular formula is C15H24BrNO2. The van der Waals surface area contributed by atoms with Crippen LogP contribution < -0.4 is 10.1 Å². The SMILES string of the molecule is CCCOc1ccc(Br)cc1CNCCOC(C)C. The molecule has 1 rings (SSSR count). The molecule has 0 heterocycles. The van der Waals surface area contributed by atoms with Crippen molar-refractivity contribution in [3.05, 3.63) is 28.2 Å². The number of benzene rings is 1. The average molecular weight is 330 g/mol. The highest BCUT2D eigenvalue weighted by Crippen LogP contribution is 2.23. The Balaban J connectivity index is 2.44. The zero-order valence-corrected chi connectivity index (χ0v) is 13.6. The summed E-state index contributed by atoms with van der Waals surface area (Å²) in [5, 5.41) is 3.38. The summed E-state index contributed by atoms with van der Waals surface area (Å²) in [6, 6.07) is 6.12. The predicted octanol–water partition coefficient (Wildman–Crippen LogP) is 3.75. The lowest BCUT2D eigenvalue weighted by molar-refractivity contribution is 0.0806. The smallest absolute Gasteiger partial charge is 0.123 e. The molecule has 0 saturated heterocycles. The van der Waals surface area contributed by atoms with Gasteiger partial charge in [-0.05, 0) is 38.5 Å². The molecule has 4 heteroatoms. The monoisotopic (exact) mass is 329 g/mol. The van der Waals surface area contributed by atoms with E-state index in [0.29, 0.717) is 0 Å². The number of nitrogens with one attached hydrogen (secondary N) is 1. The van der Waals surface area contributed by atoms with Gasteiger partial charge in [-0.25, -0.2) is 0 Å². The standard InChI is InChI=1S/C15H24BrNO2/c1-4-8-19-15-6-5-14(16)10-13(15)11-17-7-9-18-12(2)3/h5-6,10,12,17H,4,7-9,11H2,1-3H3. The van der Waals surface area contributed by atoms with Crippen LogP contribution in [0.5, 0.6) is 5.75 Å². The Bertz CT molecular complexity index is 369. The van der Waals surface area contributed by atoms with Crippen molar-refractivity contribution in [2.75, 3.05) is 19.8 Å². The highest BCUT2D eigenvalue weighted by atomic mass is 79.9. The second kappa shape index (κ2) is 9.34. The lowest BCUT2D eigenvalue weighted by Gasteiger charge is -2.13. The van der Waals surface area contributed by atoms with Gasteiger partial charge in [-0.15, -0.1) is 0 Å². The molecule has 0 spiro atoms. The van der Waals surface area contributed by atoms with E-state index in [1.54, 1.807) is 0 Å². The van der Waals surface area contributed by atoms with Crippen LogP contribution in [0.3, 0.4) is 0 Å². The maximum atomic E-state index is 5.74. The van der Waals surface area contributed by atoms with E-state index in [-0.39, 0.29) is 6.10 Å². The quantitative estimate of drug-likeness (QED) is 0.700. The molecule has 19 heavy (non-hydrogen) atoms. The molecule has 0 bridgehead atoms. The molecule has 1 N–H and O–H groups in total. The molecule has 0 unspecified atom stereocenters. The van der Waals surface area contributed by atoms with E-state index in [0.717, 1.165) is 42.9 Å². The molecular weight excluding hydrogens is 306 g/mol. The highest BCUT2D eigenvalue weighted by Gasteiger charge is 2.04. The topological polar surface area (TPSA) is 30.5 Å². The maximum Gasteiger partial charge on any atom is 0.123 e. The minimum Gasteiger partial charge on any atom is -0.493 e. The molecule has 0 aliphatic heterocycles. The Morgan fingerprint density at radius 2 is 2.05 bits per heavy atom. The van der Waals surface area contributed by atoms with Crippen molar-refractivity contribution in [3.8, 4) is 5.75 Å². The van der Waals surface area contributed by atoms with Crippen LogP contribution in [0, 0.1) is 0 Å². The summed E-state index contributed by atoms with van der Waals surface area (Å²) in [5.41, 5.74) is 1.17. The fraction of sp³-hybridized carbons (Fsp3) is 0.600. The van der Waals surface area contributed by atoms with E-state index >= 15 is 0 Å². The van der Waals surface area contributed by atoms with Gasteiger partial charge in [0.2, 0.25) is 0 Å². The van der Waals surface area contributed by atoms with Crippen LogP contribution in [0.25, 0.3) is 0 Å². The Kier molecular flexibility index (Phi) is 8.10. The van der Waals surface area contributed by atoms with Crippen molar-refractivity contribution in [2.45, 2.75) is 39.8 Å². The molecule has 1 aromatic rings. The van der Waals surface area contributed by atoms with E-state index in [1.807, 2.05) is 26.0 Å². The van der Waals surface area contributed by atoms with Gasteiger partial charge >= 0.3 is 0 Å². The second-order valence-corrected chi connectivity index (χ2v) is 5.61. The van der Waals surface area contributed by atoms with Gasteiger partial charge in [0, 0.05) is 23.1 Å². The first-order valence-corrected chi connectivity index (χ1v) is 7.66. The Morgan fingerprint density at radius 1 is 1.26 bits per heavy atom. The number of hydrogen-bond acceptors (Lipinski definition) is 3. The molecule has 0 aromatic heterocycles. The fourth-order valence-corrected chi connectivity index (χ4v) is 2.04. The lowest BCUT2D eigenvalue weighted by Crippen LogP contribution is -2.21. The number of halogens is 1. The van der Waals surface area contributed by atoms with Crippen LogP contribution in [0.1, 0.15) is 32.8 Å². The summed E-state index contributed by atoms with van der Waals surface area (Å²) in [7, 11) is 0. The first-order chi connectivity index (χ1) is 9.13. The molecule has 3 nitrogen and oxygen atoms in total. The molecule has 0 saturated carbocycles. The van der Waals surface area contributed by atoms with Gasteiger partial charge in [-0.3, -0.25) is 0 Å². The molecule has 108 valence electrons. The minimum absolute atomic E-state index is 0.288. The van der Waals surface area contributed by atoms with Crippen molar-refractivity contribution >= 4 is 15.9 Å². The van der Waals surface area contributed by atoms with Crippen LogP contribution in [0.15, 0.2) is 22.7 Å². The Morgan fingerprint density at radius 3 is 2.74 bits per heavy atom. The summed E-state index contributed by atoms with van der Waals surface area (Å²) in [6.07, 6.45) is 1.31. The van der Waals surface area contributed by atoms with Gasteiger partial charge in [-0.1, -0.05) is 22.9 Å². The number of rotatable bonds is 9. The largest absolute Gasteiger partial charge is 0.493 e. The summed E-state index contributed by atoms with van der Waals surface area (Å²) >= 11 is 3.50. The molecule has 0 aliphatic rings. The third kappa shape index (κ3) is 6.95. The van der Waals surface area contributed by atoms with Crippen LogP contribution in [-0.4, -0.2) is 25.9 Å². The molecule has 1 aromatic carbocycles. The molecule has 0 aliphatic carbocycles. The zero-order chi connectivity index (χ0) is 14.1. The summed E-state index contributed by atoms with van der Waals surface area (Å²) in [6.45, 7) is 9.33. The Labute approximate surface area is 124 Å². The first-order valence-electron chi connectivity index (χ1n) is 6.87. The second-order valence-electron chi connectivity index (χ2n) is 4.70. The summed E-state index contributed by atoms with van der Waals surface area (Å²) < 4.78 is 12.3. The van der Waals surface area contributed by atoms with Crippen molar-refractivity contribution in [1.82, 2.24) is 5.32 Å². The maximum absolute atomic E-state index is 5.74. The van der Waals surface area contributed by atoms with Crippen molar-refractivity contribution < 1.29 is 9.47 Å². The zero-order valence-electron chi connectivity index (χ0n) is 12.0. The van der Waals surface area contributed by atoms with Crippen molar-refractivity contribution in [3.63, 3.8) is 0 Å². The van der Waals surface area contributed by atoms with E-state index in [1.165, 1.54) is 5.56 Å². The molecule has 0 atom stereocenters. The average Bonchev–Trinajstić information content (AvgIpc) is 2.37. The fourth-order valence-electron chi connectivity index (χ4n) is 1.63. The van der Waals surface area contributed by atoms with Gasteiger partial charge < -0.3 is 14.8 Å². The van der Waals surface area contributed by atoms with E-state index in [9.17, 15) is 0 Å². The summed E-state index contributed by atoms with van der Waals surface area (Å²) in [4.78, 5) is 0. The van der Waals surface area contributed by atoms with E-state index < -0.39 is 0 Å². The van der Waals surface area contributed by atoms with Gasteiger partial charge in [0.15, 0.2) is 0 Å². The normalized spacial score (nSPS) is 11.0. The Hall–Kier alpha value is -0.580. The van der Waals surface area contributed by atoms with Crippen LogP contribution in [-0.2, 0) is 11.3 Å². The van der Waals surface area contributed by atoms with Gasteiger partial charge in [0.1, 0.15) is 5.75 Å². The first kappa shape index (κ1) is 16.5. The van der Waals surface area contributed by atoms with Crippen LogP contribution in [0.2, 0.25) is 0 Å². The van der Waals surface area contributed by atoms with Gasteiger partial charge in [0.05, 0.1) is 19.3 Å². The molecule has 0 fully saturated rings. The minimum atomic E-state index is 0.288. The number of ether oxygens (including phenoxy) is 2. The van der Waals surface area contributed by atoms with Crippen molar-refractivity contribution in [1.29, 1.82) is 0 Å². The van der Waals surface area contributed by atoms with E-state index in [2.05, 4.69) is 34.2 Å². The highest BCUT2D eigenvalue weighted by molar-refractivity contribution is 9.10. The third-order valence-corrected chi connectivity index (χ3v) is 3.02. The summed E-state index contributed by atoms with van der Waals surface area (Å²) in [5.74, 6) is 0.960. The third-order valence-electron chi connectivity index (χ3n) is 2.53. The van der Waals surface area contributed by atoms with E-state index in [4.69, 9.17) is 9.47 Å². The van der Waals surface area contributed by atoms with Crippen LogP contribution in [0.4, 0.5) is 0 Å². The van der Waals surface area contributed by atoms with Crippen LogP contribution >= 0.6 is 15.9 Å². The number of hydrogen-bond donors (Lipinski definition) is 1. The van der Waals surface area contributed by atoms with Gasteiger partial charge in [0.25, 0.3) is 0 Å². The predicted molar refractivity (Wildman–Crippen MR) is 82.7 cm³/mol. The molecule has 0 amide bonds. The molecule has 0 radical (unpaired) electrons. The van der Waals surface area contributed by atoms with Gasteiger partial charge in [-0.2, -0.15) is 0 Å². The van der Waals surface area contributed by atoms with Crippen molar-refractivity contribution in [2.24, 2.45) is 0 Å².